The zero-order valence-corrected chi connectivity index (χ0v) is 17.8. The highest BCUT2D eigenvalue weighted by molar-refractivity contribution is 7.98. The number of rotatable bonds is 8. The maximum atomic E-state index is 13.0. The number of nitrogens with one attached hydrogen (secondary N) is 1. The van der Waals surface area contributed by atoms with E-state index in [1.54, 1.807) is 17.8 Å². The van der Waals surface area contributed by atoms with Crippen LogP contribution in [0.4, 0.5) is 0 Å². The standard InChI is InChI=1S/C22H25N5O2S/c1-30-13-10-18(21-25-24-19-8-2-3-12-27(19)21)23-22(29)17-7-4-6-16(14-17)15-26-11-5-9-20(26)28/h2-4,6-8,12,14,18H,5,9-11,13,15H2,1H3,(H,23,29). The van der Waals surface area contributed by atoms with Crippen LogP contribution in [0.25, 0.3) is 5.65 Å². The van der Waals surface area contributed by atoms with E-state index in [0.717, 1.165) is 42.2 Å². The second kappa shape index (κ2) is 9.30. The van der Waals surface area contributed by atoms with Crippen molar-refractivity contribution in [2.75, 3.05) is 18.6 Å². The highest BCUT2D eigenvalue weighted by Crippen LogP contribution is 2.20. The smallest absolute Gasteiger partial charge is 0.251 e. The average molecular weight is 424 g/mol. The summed E-state index contributed by atoms with van der Waals surface area (Å²) in [6.07, 6.45) is 6.23. The number of benzene rings is 1. The normalized spacial score (nSPS) is 15.0. The van der Waals surface area contributed by atoms with E-state index in [2.05, 4.69) is 15.5 Å². The number of likely N-dealkylation sites (tertiary alicyclic amines) is 1. The molecule has 2 amide bonds. The Morgan fingerprint density at radius 1 is 1.23 bits per heavy atom. The number of carbonyl (C=O) groups is 2. The summed E-state index contributed by atoms with van der Waals surface area (Å²) in [6, 6.07) is 13.0. The molecule has 1 aliphatic rings. The Bertz CT molecular complexity index is 1050. The lowest BCUT2D eigenvalue weighted by molar-refractivity contribution is -0.128. The molecule has 30 heavy (non-hydrogen) atoms. The van der Waals surface area contributed by atoms with E-state index in [0.29, 0.717) is 18.5 Å². The van der Waals surface area contributed by atoms with E-state index in [1.165, 1.54) is 0 Å². The van der Waals surface area contributed by atoms with Gasteiger partial charge in [0.2, 0.25) is 5.91 Å². The van der Waals surface area contributed by atoms with Crippen LogP contribution >= 0.6 is 11.8 Å². The van der Waals surface area contributed by atoms with Crippen molar-refractivity contribution in [2.24, 2.45) is 0 Å². The molecule has 1 unspecified atom stereocenters. The fourth-order valence-corrected chi connectivity index (χ4v) is 4.21. The molecule has 0 spiro atoms. The molecule has 156 valence electrons. The van der Waals surface area contributed by atoms with Crippen molar-refractivity contribution < 1.29 is 9.59 Å². The van der Waals surface area contributed by atoms with E-state index in [1.807, 2.05) is 58.2 Å². The minimum atomic E-state index is -0.244. The fourth-order valence-electron chi connectivity index (χ4n) is 3.74. The van der Waals surface area contributed by atoms with Gasteiger partial charge in [-0.1, -0.05) is 18.2 Å². The minimum absolute atomic E-state index is 0.150. The summed E-state index contributed by atoms with van der Waals surface area (Å²) in [5.41, 5.74) is 2.31. The van der Waals surface area contributed by atoms with Crippen LogP contribution < -0.4 is 5.32 Å². The van der Waals surface area contributed by atoms with E-state index < -0.39 is 0 Å². The van der Waals surface area contributed by atoms with Gasteiger partial charge >= 0.3 is 0 Å². The summed E-state index contributed by atoms with van der Waals surface area (Å²) in [5.74, 6) is 1.65. The molecule has 3 heterocycles. The molecule has 0 saturated carbocycles. The van der Waals surface area contributed by atoms with Crippen LogP contribution in [0.5, 0.6) is 0 Å². The van der Waals surface area contributed by atoms with Crippen LogP contribution in [-0.4, -0.2) is 49.9 Å². The fraction of sp³-hybridized carbons (Fsp3) is 0.364. The van der Waals surface area contributed by atoms with Gasteiger partial charge in [0, 0.05) is 31.3 Å². The Balaban J connectivity index is 1.52. The second-order valence-corrected chi connectivity index (χ2v) is 8.40. The molecular formula is C22H25N5O2S. The lowest BCUT2D eigenvalue weighted by atomic mass is 10.1. The van der Waals surface area contributed by atoms with Crippen molar-refractivity contribution in [3.8, 4) is 0 Å². The Morgan fingerprint density at radius 2 is 2.13 bits per heavy atom. The zero-order valence-electron chi connectivity index (χ0n) is 17.0. The van der Waals surface area contributed by atoms with Crippen LogP contribution in [0, 0.1) is 0 Å². The van der Waals surface area contributed by atoms with Crippen LogP contribution in [0.1, 0.15) is 47.1 Å². The molecule has 8 heteroatoms. The third-order valence-electron chi connectivity index (χ3n) is 5.30. The minimum Gasteiger partial charge on any atom is -0.342 e. The highest BCUT2D eigenvalue weighted by atomic mass is 32.2. The monoisotopic (exact) mass is 423 g/mol. The number of thioether (sulfide) groups is 1. The van der Waals surface area contributed by atoms with Crippen LogP contribution in [0.3, 0.4) is 0 Å². The first-order chi connectivity index (χ1) is 14.7. The Hall–Kier alpha value is -2.87. The first-order valence-corrected chi connectivity index (χ1v) is 11.5. The summed E-state index contributed by atoms with van der Waals surface area (Å²) in [7, 11) is 0. The molecule has 4 rings (SSSR count). The Morgan fingerprint density at radius 3 is 2.93 bits per heavy atom. The SMILES string of the molecule is CSCCC(NC(=O)c1cccc(CN2CCCC2=O)c1)c1nnc2ccccn12. The quantitative estimate of drug-likeness (QED) is 0.602. The number of carbonyl (C=O) groups excluding carboxylic acids is 2. The van der Waals surface area contributed by atoms with E-state index in [4.69, 9.17) is 0 Å². The third-order valence-corrected chi connectivity index (χ3v) is 5.95. The predicted octanol–water partition coefficient (Wildman–Crippen LogP) is 3.08. The molecule has 0 bridgehead atoms. The van der Waals surface area contributed by atoms with Crippen molar-refractivity contribution in [3.63, 3.8) is 0 Å². The molecule has 0 aliphatic carbocycles. The average Bonchev–Trinajstić information content (AvgIpc) is 3.37. The summed E-state index contributed by atoms with van der Waals surface area (Å²) in [5, 5.41) is 11.7. The number of pyridine rings is 1. The Kier molecular flexibility index (Phi) is 6.32. The highest BCUT2D eigenvalue weighted by Gasteiger charge is 2.22. The summed E-state index contributed by atoms with van der Waals surface area (Å²) in [4.78, 5) is 26.8. The summed E-state index contributed by atoms with van der Waals surface area (Å²) in [6.45, 7) is 1.33. The molecule has 0 radical (unpaired) electrons. The van der Waals surface area contributed by atoms with Crippen molar-refractivity contribution in [1.82, 2.24) is 24.8 Å². The molecule has 3 aromatic rings. The zero-order chi connectivity index (χ0) is 20.9. The molecule has 2 aromatic heterocycles. The second-order valence-electron chi connectivity index (χ2n) is 7.41. The first-order valence-electron chi connectivity index (χ1n) is 10.1. The van der Waals surface area contributed by atoms with Crippen LogP contribution in [-0.2, 0) is 11.3 Å². The number of fused-ring (bicyclic) bond motifs is 1. The van der Waals surface area contributed by atoms with Gasteiger partial charge in [-0.2, -0.15) is 11.8 Å². The lowest BCUT2D eigenvalue weighted by Crippen LogP contribution is -2.30. The van der Waals surface area contributed by atoms with Gasteiger partial charge in [0.25, 0.3) is 5.91 Å². The van der Waals surface area contributed by atoms with Gasteiger partial charge in [0.15, 0.2) is 11.5 Å². The van der Waals surface area contributed by atoms with Crippen molar-refractivity contribution in [3.05, 3.63) is 65.6 Å². The van der Waals surface area contributed by atoms with Gasteiger partial charge in [0.05, 0.1) is 6.04 Å². The third kappa shape index (κ3) is 4.48. The maximum absolute atomic E-state index is 13.0. The molecule has 1 saturated heterocycles. The molecule has 1 aliphatic heterocycles. The molecular weight excluding hydrogens is 398 g/mol. The Labute approximate surface area is 179 Å². The maximum Gasteiger partial charge on any atom is 0.251 e. The van der Waals surface area contributed by atoms with E-state index in [-0.39, 0.29) is 17.9 Å². The summed E-state index contributed by atoms with van der Waals surface area (Å²) >= 11 is 1.73. The summed E-state index contributed by atoms with van der Waals surface area (Å²) < 4.78 is 1.92. The van der Waals surface area contributed by atoms with Gasteiger partial charge in [0.1, 0.15) is 0 Å². The predicted molar refractivity (Wildman–Crippen MR) is 117 cm³/mol. The molecule has 1 atom stereocenters. The van der Waals surface area contributed by atoms with Crippen molar-refractivity contribution >= 4 is 29.2 Å². The molecule has 1 aromatic carbocycles. The van der Waals surface area contributed by atoms with Gasteiger partial charge < -0.3 is 10.2 Å². The first kappa shape index (κ1) is 20.4. The van der Waals surface area contributed by atoms with Crippen molar-refractivity contribution in [1.29, 1.82) is 0 Å². The molecule has 1 N–H and O–H groups in total. The van der Waals surface area contributed by atoms with Gasteiger partial charge in [-0.3, -0.25) is 14.0 Å². The van der Waals surface area contributed by atoms with Crippen LogP contribution in [0.2, 0.25) is 0 Å². The number of hydrogen-bond acceptors (Lipinski definition) is 5. The van der Waals surface area contributed by atoms with E-state index in [9.17, 15) is 9.59 Å². The van der Waals surface area contributed by atoms with Gasteiger partial charge in [-0.05, 0) is 54.7 Å². The molecule has 7 nitrogen and oxygen atoms in total. The number of hydrogen-bond donors (Lipinski definition) is 1. The number of aromatic nitrogens is 3. The van der Waals surface area contributed by atoms with Crippen LogP contribution in [0.15, 0.2) is 48.7 Å². The number of amides is 2. The van der Waals surface area contributed by atoms with Gasteiger partial charge in [-0.15, -0.1) is 10.2 Å². The molecule has 1 fully saturated rings. The van der Waals surface area contributed by atoms with E-state index >= 15 is 0 Å². The van der Waals surface area contributed by atoms with Gasteiger partial charge in [-0.25, -0.2) is 0 Å². The largest absolute Gasteiger partial charge is 0.342 e. The number of nitrogens with zero attached hydrogens (tertiary/aromatic N) is 4. The topological polar surface area (TPSA) is 79.6 Å². The van der Waals surface area contributed by atoms with Crippen molar-refractivity contribution in [2.45, 2.75) is 31.8 Å². The lowest BCUT2D eigenvalue weighted by Gasteiger charge is -2.18.